The van der Waals surface area contributed by atoms with Gasteiger partial charge in [-0.25, -0.2) is 14.6 Å². The summed E-state index contributed by atoms with van der Waals surface area (Å²) in [5.41, 5.74) is 0.695. The molecule has 1 aromatic carbocycles. The lowest BCUT2D eigenvalue weighted by atomic mass is 10.1. The second kappa shape index (κ2) is 6.04. The van der Waals surface area contributed by atoms with Crippen LogP contribution in [0.4, 0.5) is 5.69 Å². The van der Waals surface area contributed by atoms with Crippen molar-refractivity contribution in [2.75, 3.05) is 18.7 Å². The maximum absolute atomic E-state index is 12.1. The van der Waals surface area contributed by atoms with Crippen LogP contribution in [0.15, 0.2) is 41.0 Å². The quantitative estimate of drug-likeness (QED) is 0.611. The summed E-state index contributed by atoms with van der Waals surface area (Å²) in [6.07, 6.45) is 0. The normalized spacial score (nSPS) is 17.5. The van der Waals surface area contributed by atoms with Crippen LogP contribution in [-0.4, -0.2) is 37.6 Å². The molecular formula is C14H14N2O4. The summed E-state index contributed by atoms with van der Waals surface area (Å²) in [5, 5.41) is 5.54. The van der Waals surface area contributed by atoms with Crippen molar-refractivity contribution in [1.29, 1.82) is 0 Å². The van der Waals surface area contributed by atoms with Crippen LogP contribution in [0.3, 0.4) is 0 Å². The standard InChI is InChI=1S/C14H14N2O4/c1-3-20-14(18)12-11(9-17)13(19-2)15-16(12)10-7-5-4-6-8-10/h4-8,12H,3H2,1-2H3. The largest absolute Gasteiger partial charge is 0.479 e. The first kappa shape index (κ1) is 13.8. The Kier molecular flexibility index (Phi) is 4.17. The Morgan fingerprint density at radius 1 is 1.40 bits per heavy atom. The summed E-state index contributed by atoms with van der Waals surface area (Å²) in [7, 11) is 1.38. The molecule has 0 saturated carbocycles. The fourth-order valence-corrected chi connectivity index (χ4v) is 1.93. The third-order valence-corrected chi connectivity index (χ3v) is 2.78. The molecule has 0 spiro atoms. The third kappa shape index (κ3) is 2.41. The number of esters is 1. The summed E-state index contributed by atoms with van der Waals surface area (Å²) < 4.78 is 10.0. The van der Waals surface area contributed by atoms with Crippen molar-refractivity contribution in [3.8, 4) is 0 Å². The first-order valence-electron chi connectivity index (χ1n) is 6.11. The molecule has 1 aliphatic rings. The van der Waals surface area contributed by atoms with E-state index in [9.17, 15) is 9.59 Å². The van der Waals surface area contributed by atoms with Gasteiger partial charge in [0.15, 0.2) is 6.04 Å². The van der Waals surface area contributed by atoms with Crippen molar-refractivity contribution < 1.29 is 19.1 Å². The van der Waals surface area contributed by atoms with E-state index in [0.717, 1.165) is 0 Å². The summed E-state index contributed by atoms with van der Waals surface area (Å²) in [6, 6.07) is 8.04. The van der Waals surface area contributed by atoms with E-state index in [4.69, 9.17) is 9.47 Å². The number of rotatable bonds is 3. The fraction of sp³-hybridized carbons (Fsp3) is 0.286. The van der Waals surface area contributed by atoms with Gasteiger partial charge in [-0.3, -0.25) is 0 Å². The van der Waals surface area contributed by atoms with Crippen molar-refractivity contribution >= 4 is 23.5 Å². The van der Waals surface area contributed by atoms with Crippen LogP contribution in [0.25, 0.3) is 0 Å². The zero-order chi connectivity index (χ0) is 14.5. The van der Waals surface area contributed by atoms with Gasteiger partial charge in [0.05, 0.1) is 19.4 Å². The van der Waals surface area contributed by atoms with Gasteiger partial charge >= 0.3 is 5.97 Å². The predicted molar refractivity (Wildman–Crippen MR) is 73.0 cm³/mol. The molecule has 0 N–H and O–H groups in total. The first-order valence-corrected chi connectivity index (χ1v) is 6.11. The third-order valence-electron chi connectivity index (χ3n) is 2.78. The molecule has 20 heavy (non-hydrogen) atoms. The molecule has 0 aliphatic carbocycles. The number of carbonyl (C=O) groups excluding carboxylic acids is 2. The highest BCUT2D eigenvalue weighted by Gasteiger charge is 2.41. The lowest BCUT2D eigenvalue weighted by molar-refractivity contribution is -0.143. The van der Waals surface area contributed by atoms with E-state index in [-0.39, 0.29) is 18.1 Å². The lowest BCUT2D eigenvalue weighted by Gasteiger charge is -2.20. The number of hydrogen-bond donors (Lipinski definition) is 0. The Labute approximate surface area is 116 Å². The monoisotopic (exact) mass is 274 g/mol. The first-order chi connectivity index (χ1) is 9.72. The zero-order valence-electron chi connectivity index (χ0n) is 11.2. The van der Waals surface area contributed by atoms with Crippen LogP contribution in [0.1, 0.15) is 6.92 Å². The van der Waals surface area contributed by atoms with E-state index in [1.54, 1.807) is 25.0 Å². The summed E-state index contributed by atoms with van der Waals surface area (Å²) in [6.45, 7) is 1.91. The van der Waals surface area contributed by atoms with Gasteiger partial charge in [0, 0.05) is 0 Å². The highest BCUT2D eigenvalue weighted by molar-refractivity contribution is 6.11. The minimum Gasteiger partial charge on any atom is -0.479 e. The maximum Gasteiger partial charge on any atom is 0.336 e. The molecule has 0 fully saturated rings. The Morgan fingerprint density at radius 2 is 2.10 bits per heavy atom. The molecule has 6 nitrogen and oxygen atoms in total. The van der Waals surface area contributed by atoms with Gasteiger partial charge in [-0.05, 0) is 19.1 Å². The summed E-state index contributed by atoms with van der Waals surface area (Å²) >= 11 is 0. The molecule has 2 rings (SSSR count). The Morgan fingerprint density at radius 3 is 2.65 bits per heavy atom. The highest BCUT2D eigenvalue weighted by Crippen LogP contribution is 2.27. The highest BCUT2D eigenvalue weighted by atomic mass is 16.5. The van der Waals surface area contributed by atoms with Crippen molar-refractivity contribution in [1.82, 2.24) is 0 Å². The molecule has 1 aromatic rings. The molecule has 1 heterocycles. The van der Waals surface area contributed by atoms with Crippen LogP contribution in [0, 0.1) is 0 Å². The topological polar surface area (TPSA) is 68.2 Å². The van der Waals surface area contributed by atoms with Crippen LogP contribution >= 0.6 is 0 Å². The maximum atomic E-state index is 12.1. The predicted octanol–water partition coefficient (Wildman–Crippen LogP) is 1.16. The average Bonchev–Trinajstić information content (AvgIpc) is 2.87. The van der Waals surface area contributed by atoms with Crippen molar-refractivity contribution in [2.24, 2.45) is 5.10 Å². The SMILES string of the molecule is CCOC(=O)C1C(=C=O)C(OC)=NN1c1ccccc1. The number of nitrogens with zero attached hydrogens (tertiary/aromatic N) is 2. The second-order valence-electron chi connectivity index (χ2n) is 3.96. The molecule has 0 amide bonds. The fourth-order valence-electron chi connectivity index (χ4n) is 1.93. The van der Waals surface area contributed by atoms with E-state index >= 15 is 0 Å². The van der Waals surface area contributed by atoms with Gasteiger partial charge in [0.25, 0.3) is 0 Å². The summed E-state index contributed by atoms with van der Waals surface area (Å²) in [5.74, 6) is 1.23. The molecule has 0 aromatic heterocycles. The van der Waals surface area contributed by atoms with Crippen LogP contribution < -0.4 is 5.01 Å². The van der Waals surface area contributed by atoms with Gasteiger partial charge in [0.2, 0.25) is 5.90 Å². The van der Waals surface area contributed by atoms with Crippen LogP contribution in [0.2, 0.25) is 0 Å². The Bertz CT molecular complexity index is 576. The molecule has 0 saturated heterocycles. The molecule has 1 atom stereocenters. The lowest BCUT2D eigenvalue weighted by Crippen LogP contribution is -2.37. The number of anilines is 1. The Balaban J connectivity index is 2.44. The van der Waals surface area contributed by atoms with Gasteiger partial charge < -0.3 is 9.47 Å². The number of hydrazone groups is 1. The minimum atomic E-state index is -0.968. The van der Waals surface area contributed by atoms with Gasteiger partial charge in [-0.15, -0.1) is 5.10 Å². The van der Waals surface area contributed by atoms with Crippen molar-refractivity contribution in [3.05, 3.63) is 35.9 Å². The smallest absolute Gasteiger partial charge is 0.336 e. The number of benzene rings is 1. The van der Waals surface area contributed by atoms with Crippen molar-refractivity contribution in [2.45, 2.75) is 13.0 Å². The van der Waals surface area contributed by atoms with E-state index in [2.05, 4.69) is 5.10 Å². The van der Waals surface area contributed by atoms with Gasteiger partial charge in [-0.1, -0.05) is 18.2 Å². The van der Waals surface area contributed by atoms with E-state index in [0.29, 0.717) is 5.69 Å². The number of carbonyl (C=O) groups is 1. The van der Waals surface area contributed by atoms with E-state index in [1.807, 2.05) is 18.2 Å². The number of para-hydroxylation sites is 1. The number of ether oxygens (including phenoxy) is 2. The second-order valence-corrected chi connectivity index (χ2v) is 3.96. The molecule has 1 unspecified atom stereocenters. The van der Waals surface area contributed by atoms with Gasteiger partial charge in [0.1, 0.15) is 11.5 Å². The number of hydrogen-bond acceptors (Lipinski definition) is 6. The minimum absolute atomic E-state index is 0.0369. The molecular weight excluding hydrogens is 260 g/mol. The number of methoxy groups -OCH3 is 1. The zero-order valence-corrected chi connectivity index (χ0v) is 11.2. The van der Waals surface area contributed by atoms with Gasteiger partial charge in [-0.2, -0.15) is 0 Å². The van der Waals surface area contributed by atoms with Crippen molar-refractivity contribution in [3.63, 3.8) is 0 Å². The molecule has 1 aliphatic heterocycles. The molecule has 0 radical (unpaired) electrons. The van der Waals surface area contributed by atoms with E-state index < -0.39 is 12.0 Å². The van der Waals surface area contributed by atoms with E-state index in [1.165, 1.54) is 12.1 Å². The molecule has 0 bridgehead atoms. The average molecular weight is 274 g/mol. The van der Waals surface area contributed by atoms with Crippen LogP contribution in [-0.2, 0) is 19.1 Å². The Hall–Kier alpha value is -2.59. The molecule has 104 valence electrons. The van der Waals surface area contributed by atoms with Crippen LogP contribution in [0.5, 0.6) is 0 Å². The summed E-state index contributed by atoms with van der Waals surface area (Å²) in [4.78, 5) is 23.2. The molecule has 6 heteroatoms.